The van der Waals surface area contributed by atoms with Gasteiger partial charge in [0, 0.05) is 17.7 Å². The minimum Gasteiger partial charge on any atom is -0.372 e. The predicted octanol–water partition coefficient (Wildman–Crippen LogP) is 5.80. The predicted molar refractivity (Wildman–Crippen MR) is 107 cm³/mol. The molecule has 0 radical (unpaired) electrons. The van der Waals surface area contributed by atoms with Crippen molar-refractivity contribution in [2.24, 2.45) is 5.41 Å². The molecule has 0 saturated heterocycles. The average Bonchev–Trinajstić information content (AvgIpc) is 2.71. The summed E-state index contributed by atoms with van der Waals surface area (Å²) in [4.78, 5) is 13.1. The fourth-order valence-electron chi connectivity index (χ4n) is 4.21. The summed E-state index contributed by atoms with van der Waals surface area (Å²) >= 11 is 0. The van der Waals surface area contributed by atoms with Crippen molar-refractivity contribution >= 4 is 17.2 Å². The Hall–Kier alpha value is -2.69. The second-order valence-electron chi connectivity index (χ2n) is 8.65. The Morgan fingerprint density at radius 3 is 2.25 bits per heavy atom. The summed E-state index contributed by atoms with van der Waals surface area (Å²) in [6.45, 7) is 8.08. The first-order valence-corrected chi connectivity index (χ1v) is 9.51. The molecule has 2 aliphatic rings. The monoisotopic (exact) mass is 382 g/mol. The molecule has 0 saturated carbocycles. The van der Waals surface area contributed by atoms with E-state index >= 15 is 0 Å². The third-order valence-corrected chi connectivity index (χ3v) is 5.72. The van der Waals surface area contributed by atoms with Gasteiger partial charge >= 0.3 is 0 Å². The molecule has 2 aromatic carbocycles. The van der Waals surface area contributed by atoms with Crippen LogP contribution in [0.25, 0.3) is 0 Å². The van der Waals surface area contributed by atoms with Crippen molar-refractivity contribution in [2.75, 3.05) is 10.6 Å². The van der Waals surface area contributed by atoms with Crippen LogP contribution in [0.5, 0.6) is 0 Å². The van der Waals surface area contributed by atoms with E-state index in [1.807, 2.05) is 39.8 Å². The maximum absolute atomic E-state index is 14.7. The number of aryl methyl sites for hydroxylation is 2. The minimum atomic E-state index is -0.879. The number of Topliss-reactive ketones (excluding diaryl/α,β-unsaturated/α-hetero) is 1. The van der Waals surface area contributed by atoms with E-state index in [-0.39, 0.29) is 16.8 Å². The smallest absolute Gasteiger partial charge is 0.163 e. The van der Waals surface area contributed by atoms with Crippen LogP contribution in [0.2, 0.25) is 0 Å². The quantitative estimate of drug-likeness (QED) is 0.655. The van der Waals surface area contributed by atoms with Crippen molar-refractivity contribution in [3.05, 3.63) is 69.9 Å². The summed E-state index contributed by atoms with van der Waals surface area (Å²) in [6, 6.07) is 6.89. The Bertz CT molecular complexity index is 1000. The first kappa shape index (κ1) is 18.7. The van der Waals surface area contributed by atoms with Gasteiger partial charge in [-0.05, 0) is 61.1 Å². The molecule has 146 valence electrons. The van der Waals surface area contributed by atoms with E-state index in [1.165, 1.54) is 18.2 Å². The highest BCUT2D eigenvalue weighted by molar-refractivity contribution is 6.01. The molecule has 0 amide bonds. The molecule has 4 rings (SSSR count). The van der Waals surface area contributed by atoms with Gasteiger partial charge in [0.1, 0.15) is 11.6 Å². The number of anilines is 2. The van der Waals surface area contributed by atoms with E-state index in [1.54, 1.807) is 0 Å². The fourth-order valence-corrected chi connectivity index (χ4v) is 4.21. The Morgan fingerprint density at radius 1 is 1.00 bits per heavy atom. The second kappa shape index (κ2) is 6.43. The molecule has 28 heavy (non-hydrogen) atoms. The molecule has 0 aromatic heterocycles. The normalized spacial score (nSPS) is 20.6. The summed E-state index contributed by atoms with van der Waals surface area (Å²) in [5, 5.41) is 6.67. The number of ketones is 1. The average molecular weight is 382 g/mol. The van der Waals surface area contributed by atoms with Crippen LogP contribution in [0.3, 0.4) is 0 Å². The van der Waals surface area contributed by atoms with Crippen molar-refractivity contribution in [1.29, 1.82) is 0 Å². The van der Waals surface area contributed by atoms with Crippen molar-refractivity contribution in [2.45, 2.75) is 46.6 Å². The highest BCUT2D eigenvalue weighted by Gasteiger charge is 2.40. The molecule has 1 heterocycles. The summed E-state index contributed by atoms with van der Waals surface area (Å²) in [5.41, 5.74) is 4.55. The maximum atomic E-state index is 14.7. The zero-order valence-corrected chi connectivity index (χ0v) is 16.5. The van der Waals surface area contributed by atoms with Crippen LogP contribution in [0.4, 0.5) is 20.2 Å². The molecule has 2 N–H and O–H groups in total. The molecule has 1 aliphatic carbocycles. The van der Waals surface area contributed by atoms with Gasteiger partial charge in [0.2, 0.25) is 0 Å². The van der Waals surface area contributed by atoms with Gasteiger partial charge < -0.3 is 10.6 Å². The molecular weight excluding hydrogens is 358 g/mol. The van der Waals surface area contributed by atoms with Crippen LogP contribution >= 0.6 is 0 Å². The Kier molecular flexibility index (Phi) is 4.29. The van der Waals surface area contributed by atoms with Crippen LogP contribution in [0.1, 0.15) is 49.4 Å². The van der Waals surface area contributed by atoms with Crippen LogP contribution in [0.15, 0.2) is 41.6 Å². The molecule has 5 heteroatoms. The van der Waals surface area contributed by atoms with Crippen molar-refractivity contribution < 1.29 is 13.6 Å². The van der Waals surface area contributed by atoms with Gasteiger partial charge in [-0.1, -0.05) is 19.9 Å². The first-order valence-electron chi connectivity index (χ1n) is 9.51. The van der Waals surface area contributed by atoms with Gasteiger partial charge in [0.05, 0.1) is 23.0 Å². The molecular formula is C23H24F2N2O. The summed E-state index contributed by atoms with van der Waals surface area (Å²) in [7, 11) is 0. The van der Waals surface area contributed by atoms with Crippen molar-refractivity contribution in [1.82, 2.24) is 0 Å². The molecule has 0 unspecified atom stereocenters. The number of allylic oxidation sites excluding steroid dienone is 1. The molecule has 3 nitrogen and oxygen atoms in total. The zero-order valence-electron chi connectivity index (χ0n) is 16.5. The number of nitrogens with one attached hydrogen (secondary N) is 2. The molecule has 1 aliphatic heterocycles. The largest absolute Gasteiger partial charge is 0.372 e. The van der Waals surface area contributed by atoms with Crippen LogP contribution in [-0.2, 0) is 4.79 Å². The van der Waals surface area contributed by atoms with E-state index in [4.69, 9.17) is 0 Å². The maximum Gasteiger partial charge on any atom is 0.163 e. The third kappa shape index (κ3) is 3.09. The Morgan fingerprint density at radius 2 is 1.61 bits per heavy atom. The number of hydrogen-bond acceptors (Lipinski definition) is 3. The van der Waals surface area contributed by atoms with Gasteiger partial charge in [-0.2, -0.15) is 0 Å². The number of benzene rings is 2. The van der Waals surface area contributed by atoms with Crippen molar-refractivity contribution in [3.8, 4) is 0 Å². The minimum absolute atomic E-state index is 0.0832. The van der Waals surface area contributed by atoms with Gasteiger partial charge in [-0.15, -0.1) is 0 Å². The van der Waals surface area contributed by atoms with E-state index < -0.39 is 17.7 Å². The SMILES string of the molecule is Cc1cc2c(cc1C)N[C@@H](c1c(F)cccc1F)C1=C(CC(C)(C)CC1=O)N2. The number of carbonyl (C=O) groups excluding carboxylic acids is 1. The Labute approximate surface area is 163 Å². The molecule has 1 atom stereocenters. The highest BCUT2D eigenvalue weighted by Crippen LogP contribution is 2.46. The third-order valence-electron chi connectivity index (χ3n) is 5.72. The molecule has 0 bridgehead atoms. The van der Waals surface area contributed by atoms with Gasteiger partial charge in [0.15, 0.2) is 5.78 Å². The first-order chi connectivity index (χ1) is 13.2. The van der Waals surface area contributed by atoms with E-state index in [0.29, 0.717) is 18.4 Å². The zero-order chi connectivity index (χ0) is 20.2. The van der Waals surface area contributed by atoms with Gasteiger partial charge in [-0.3, -0.25) is 4.79 Å². The van der Waals surface area contributed by atoms with E-state index in [2.05, 4.69) is 10.6 Å². The van der Waals surface area contributed by atoms with E-state index in [0.717, 1.165) is 28.2 Å². The fraction of sp³-hybridized carbons (Fsp3) is 0.348. The standard InChI is InChI=1S/C23H24F2N2O/c1-12-8-16-17(9-13(12)2)27-22(20-14(24)6-5-7-15(20)25)21-18(26-16)10-23(3,4)11-19(21)28/h5-9,22,26-27H,10-11H2,1-4H3/t22-/m0/s1. The number of rotatable bonds is 1. The highest BCUT2D eigenvalue weighted by atomic mass is 19.1. The molecule has 2 aromatic rings. The molecule has 0 spiro atoms. The van der Waals surface area contributed by atoms with E-state index in [9.17, 15) is 13.6 Å². The van der Waals surface area contributed by atoms with Crippen molar-refractivity contribution in [3.63, 3.8) is 0 Å². The lowest BCUT2D eigenvalue weighted by molar-refractivity contribution is -0.118. The van der Waals surface area contributed by atoms with Crippen LogP contribution in [-0.4, -0.2) is 5.78 Å². The van der Waals surface area contributed by atoms with Crippen LogP contribution < -0.4 is 10.6 Å². The molecule has 0 fully saturated rings. The number of carbonyl (C=O) groups is 1. The Balaban J connectivity index is 1.96. The second-order valence-corrected chi connectivity index (χ2v) is 8.65. The summed E-state index contributed by atoms with van der Waals surface area (Å²) in [6.07, 6.45) is 0.977. The number of halogens is 2. The number of fused-ring (bicyclic) bond motifs is 1. The van der Waals surface area contributed by atoms with Gasteiger partial charge in [0.25, 0.3) is 0 Å². The van der Waals surface area contributed by atoms with Gasteiger partial charge in [-0.25, -0.2) is 8.78 Å². The lowest BCUT2D eigenvalue weighted by Gasteiger charge is -2.34. The topological polar surface area (TPSA) is 41.1 Å². The summed E-state index contributed by atoms with van der Waals surface area (Å²) < 4.78 is 29.4. The van der Waals surface area contributed by atoms with Crippen LogP contribution in [0, 0.1) is 30.9 Å². The lowest BCUT2D eigenvalue weighted by atomic mass is 9.73. The summed E-state index contributed by atoms with van der Waals surface area (Å²) in [5.74, 6) is -1.40. The number of hydrogen-bond donors (Lipinski definition) is 2. The lowest BCUT2D eigenvalue weighted by Crippen LogP contribution is -2.32.